The van der Waals surface area contributed by atoms with Crippen LogP contribution in [0.5, 0.6) is 0 Å². The molecule has 0 aliphatic heterocycles. The van der Waals surface area contributed by atoms with Crippen LogP contribution >= 0.6 is 11.3 Å². The summed E-state index contributed by atoms with van der Waals surface area (Å²) in [4.78, 5) is 16.0. The van der Waals surface area contributed by atoms with Crippen molar-refractivity contribution in [2.45, 2.75) is 6.92 Å². The maximum absolute atomic E-state index is 11.8. The van der Waals surface area contributed by atoms with Crippen molar-refractivity contribution < 1.29 is 4.79 Å². The first-order valence-corrected chi connectivity index (χ1v) is 6.37. The van der Waals surface area contributed by atoms with Crippen LogP contribution in [0.25, 0.3) is 10.2 Å². The lowest BCUT2D eigenvalue weighted by Crippen LogP contribution is -2.28. The zero-order chi connectivity index (χ0) is 12.3. The third-order valence-electron chi connectivity index (χ3n) is 2.56. The molecule has 1 heterocycles. The summed E-state index contributed by atoms with van der Waals surface area (Å²) < 4.78 is 1.13. The first-order chi connectivity index (χ1) is 8.20. The lowest BCUT2D eigenvalue weighted by atomic mass is 10.1. The molecule has 1 atom stereocenters. The van der Waals surface area contributed by atoms with Crippen LogP contribution in [0.15, 0.2) is 23.7 Å². The van der Waals surface area contributed by atoms with Crippen LogP contribution in [-0.4, -0.2) is 24.5 Å². The Bertz CT molecular complexity index is 523. The minimum absolute atomic E-state index is 0.0222. The number of carbonyl (C=O) groups excluding carboxylic acids is 1. The lowest BCUT2D eigenvalue weighted by Gasteiger charge is -2.11. The molecule has 1 aromatic heterocycles. The van der Waals surface area contributed by atoms with Gasteiger partial charge in [0.05, 0.1) is 15.7 Å². The number of carbonyl (C=O) groups is 1. The Morgan fingerprint density at radius 3 is 3.12 bits per heavy atom. The van der Waals surface area contributed by atoms with Gasteiger partial charge in [-0.15, -0.1) is 11.3 Å². The van der Waals surface area contributed by atoms with Gasteiger partial charge in [0.15, 0.2) is 0 Å². The highest BCUT2D eigenvalue weighted by Gasteiger charge is 2.12. The van der Waals surface area contributed by atoms with Gasteiger partial charge < -0.3 is 10.6 Å². The molecular formula is C12H15N3OS. The first-order valence-electron chi connectivity index (χ1n) is 5.49. The van der Waals surface area contributed by atoms with Gasteiger partial charge in [-0.1, -0.05) is 6.92 Å². The minimum atomic E-state index is -0.0499. The smallest absolute Gasteiger partial charge is 0.228 e. The number of rotatable bonds is 4. The molecule has 5 heteroatoms. The number of hydrogen-bond acceptors (Lipinski definition) is 4. The second-order valence-corrected chi connectivity index (χ2v) is 4.87. The molecule has 1 amide bonds. The average molecular weight is 249 g/mol. The molecule has 2 N–H and O–H groups in total. The Morgan fingerprint density at radius 1 is 1.53 bits per heavy atom. The van der Waals surface area contributed by atoms with Gasteiger partial charge in [-0.3, -0.25) is 4.79 Å². The van der Waals surface area contributed by atoms with E-state index in [1.54, 1.807) is 16.8 Å². The van der Waals surface area contributed by atoms with Gasteiger partial charge in [-0.2, -0.15) is 0 Å². The number of anilines is 1. The Labute approximate surface area is 104 Å². The standard InChI is InChI=1S/C12H15N3OS/c1-8(6-13-2)12(16)15-9-3-4-11-10(5-9)14-7-17-11/h3-5,7-8,13H,6H2,1-2H3,(H,15,16). The number of hydrogen-bond donors (Lipinski definition) is 2. The molecule has 17 heavy (non-hydrogen) atoms. The highest BCUT2D eigenvalue weighted by atomic mass is 32.1. The summed E-state index contributed by atoms with van der Waals surface area (Å²) in [6.45, 7) is 2.57. The van der Waals surface area contributed by atoms with Crippen LogP contribution in [-0.2, 0) is 4.79 Å². The van der Waals surface area contributed by atoms with E-state index in [4.69, 9.17) is 0 Å². The maximum atomic E-state index is 11.8. The van der Waals surface area contributed by atoms with Crippen molar-refractivity contribution in [3.05, 3.63) is 23.7 Å². The van der Waals surface area contributed by atoms with Crippen molar-refractivity contribution in [1.82, 2.24) is 10.3 Å². The van der Waals surface area contributed by atoms with Crippen LogP contribution in [0.4, 0.5) is 5.69 Å². The van der Waals surface area contributed by atoms with Crippen molar-refractivity contribution in [3.63, 3.8) is 0 Å². The molecule has 4 nitrogen and oxygen atoms in total. The van der Waals surface area contributed by atoms with Crippen LogP contribution in [0.2, 0.25) is 0 Å². The normalized spacial score (nSPS) is 12.6. The van der Waals surface area contributed by atoms with E-state index in [1.807, 2.05) is 32.2 Å². The summed E-state index contributed by atoms with van der Waals surface area (Å²) in [5.41, 5.74) is 3.53. The summed E-state index contributed by atoms with van der Waals surface area (Å²) in [6, 6.07) is 5.78. The Balaban J connectivity index is 2.09. The van der Waals surface area contributed by atoms with Crippen LogP contribution < -0.4 is 10.6 Å². The highest BCUT2D eigenvalue weighted by molar-refractivity contribution is 7.16. The molecule has 0 saturated carbocycles. The monoisotopic (exact) mass is 249 g/mol. The van der Waals surface area contributed by atoms with Crippen LogP contribution in [0.3, 0.4) is 0 Å². The molecule has 0 bridgehead atoms. The topological polar surface area (TPSA) is 54.0 Å². The molecule has 0 aliphatic rings. The predicted octanol–water partition coefficient (Wildman–Crippen LogP) is 2.09. The Morgan fingerprint density at radius 2 is 2.35 bits per heavy atom. The summed E-state index contributed by atoms with van der Waals surface area (Å²) in [7, 11) is 1.84. The molecule has 0 fully saturated rings. The lowest BCUT2D eigenvalue weighted by molar-refractivity contribution is -0.119. The van der Waals surface area contributed by atoms with Crippen molar-refractivity contribution in [3.8, 4) is 0 Å². The van der Waals surface area contributed by atoms with E-state index in [0.29, 0.717) is 6.54 Å². The third kappa shape index (κ3) is 2.81. The summed E-state index contributed by atoms with van der Waals surface area (Å²) in [6.07, 6.45) is 0. The SMILES string of the molecule is CNCC(C)C(=O)Nc1ccc2scnc2c1. The first kappa shape index (κ1) is 12.0. The zero-order valence-corrected chi connectivity index (χ0v) is 10.7. The van der Waals surface area contributed by atoms with Crippen molar-refractivity contribution in [2.75, 3.05) is 18.9 Å². The number of thiazole rings is 1. The molecule has 90 valence electrons. The van der Waals surface area contributed by atoms with Gasteiger partial charge in [-0.05, 0) is 25.2 Å². The molecule has 0 saturated heterocycles. The molecule has 2 aromatic rings. The second-order valence-electron chi connectivity index (χ2n) is 3.98. The molecular weight excluding hydrogens is 234 g/mol. The molecule has 0 spiro atoms. The quantitative estimate of drug-likeness (QED) is 0.872. The van der Waals surface area contributed by atoms with Crippen molar-refractivity contribution in [1.29, 1.82) is 0 Å². The number of nitrogens with zero attached hydrogens (tertiary/aromatic N) is 1. The summed E-state index contributed by atoms with van der Waals surface area (Å²) in [5.74, 6) is -0.0277. The van der Waals surface area contributed by atoms with Gasteiger partial charge in [0.1, 0.15) is 0 Å². The van der Waals surface area contributed by atoms with E-state index < -0.39 is 0 Å². The van der Waals surface area contributed by atoms with E-state index in [0.717, 1.165) is 15.9 Å². The number of fused-ring (bicyclic) bond motifs is 1. The van der Waals surface area contributed by atoms with Crippen molar-refractivity contribution in [2.24, 2.45) is 5.92 Å². The molecule has 2 rings (SSSR count). The summed E-state index contributed by atoms with van der Waals surface area (Å²) in [5, 5.41) is 5.88. The van der Waals surface area contributed by atoms with E-state index in [1.165, 1.54) is 0 Å². The molecule has 0 radical (unpaired) electrons. The van der Waals surface area contributed by atoms with Gasteiger partial charge in [-0.25, -0.2) is 4.98 Å². The second kappa shape index (κ2) is 5.25. The van der Waals surface area contributed by atoms with Crippen molar-refractivity contribution >= 4 is 33.1 Å². The largest absolute Gasteiger partial charge is 0.326 e. The fourth-order valence-corrected chi connectivity index (χ4v) is 2.26. The van der Waals surface area contributed by atoms with Gasteiger partial charge in [0.25, 0.3) is 0 Å². The number of nitrogens with one attached hydrogen (secondary N) is 2. The fourth-order valence-electron chi connectivity index (χ4n) is 1.60. The number of amides is 1. The van der Waals surface area contributed by atoms with Gasteiger partial charge in [0.2, 0.25) is 5.91 Å². The zero-order valence-electron chi connectivity index (χ0n) is 9.86. The Kier molecular flexibility index (Phi) is 3.71. The van der Waals surface area contributed by atoms with Crippen LogP contribution in [0.1, 0.15) is 6.92 Å². The maximum Gasteiger partial charge on any atom is 0.228 e. The van der Waals surface area contributed by atoms with E-state index in [9.17, 15) is 4.79 Å². The average Bonchev–Trinajstić information content (AvgIpc) is 2.76. The molecule has 1 aromatic carbocycles. The summed E-state index contributed by atoms with van der Waals surface area (Å²) >= 11 is 1.60. The van der Waals surface area contributed by atoms with Crippen LogP contribution in [0, 0.1) is 5.92 Å². The van der Waals surface area contributed by atoms with Gasteiger partial charge in [0, 0.05) is 18.2 Å². The van der Waals surface area contributed by atoms with E-state index >= 15 is 0 Å². The highest BCUT2D eigenvalue weighted by Crippen LogP contribution is 2.21. The van der Waals surface area contributed by atoms with E-state index in [2.05, 4.69) is 15.6 Å². The number of aromatic nitrogens is 1. The fraction of sp³-hybridized carbons (Fsp3) is 0.333. The molecule has 0 aliphatic carbocycles. The van der Waals surface area contributed by atoms with E-state index in [-0.39, 0.29) is 11.8 Å². The Hall–Kier alpha value is -1.46. The molecule has 1 unspecified atom stereocenters. The van der Waals surface area contributed by atoms with Gasteiger partial charge >= 0.3 is 0 Å². The third-order valence-corrected chi connectivity index (χ3v) is 3.37. The predicted molar refractivity (Wildman–Crippen MR) is 71.3 cm³/mol. The minimum Gasteiger partial charge on any atom is -0.326 e. The number of benzene rings is 1.